The van der Waals surface area contributed by atoms with E-state index in [0.29, 0.717) is 13.0 Å². The highest BCUT2D eigenvalue weighted by Crippen LogP contribution is 2.18. The van der Waals surface area contributed by atoms with E-state index in [0.717, 1.165) is 11.3 Å². The second-order valence-electron chi connectivity index (χ2n) is 5.01. The van der Waals surface area contributed by atoms with Crippen molar-refractivity contribution in [2.75, 3.05) is 7.11 Å². The average Bonchev–Trinajstić information content (AvgIpc) is 2.59. The summed E-state index contributed by atoms with van der Waals surface area (Å²) in [7, 11) is 1.59. The number of amides is 1. The summed E-state index contributed by atoms with van der Waals surface area (Å²) in [6.07, 6.45) is -0.296. The summed E-state index contributed by atoms with van der Waals surface area (Å²) < 4.78 is 24.2. The molecule has 0 aliphatic carbocycles. The number of methoxy groups -OCH3 is 1. The lowest BCUT2D eigenvalue weighted by atomic mass is 10.2. The Hall–Kier alpha value is -2.56. The highest BCUT2D eigenvalue weighted by atomic mass is 19.1. The SMILES string of the molecule is CCC(Oc1ccccc1F)C(=O)NCc1cccc(OC)c1. The fourth-order valence-corrected chi connectivity index (χ4v) is 2.10. The van der Waals surface area contributed by atoms with Gasteiger partial charge in [-0.3, -0.25) is 4.79 Å². The molecule has 23 heavy (non-hydrogen) atoms. The molecule has 0 aliphatic rings. The molecule has 0 radical (unpaired) electrons. The van der Waals surface area contributed by atoms with Crippen molar-refractivity contribution in [1.29, 1.82) is 0 Å². The van der Waals surface area contributed by atoms with Crippen LogP contribution in [-0.4, -0.2) is 19.1 Å². The fourth-order valence-electron chi connectivity index (χ4n) is 2.10. The Morgan fingerprint density at radius 1 is 1.22 bits per heavy atom. The Kier molecular flexibility index (Phi) is 5.97. The molecular formula is C18H20FNO3. The summed E-state index contributed by atoms with van der Waals surface area (Å²) in [4.78, 5) is 12.2. The zero-order valence-corrected chi connectivity index (χ0v) is 13.2. The molecule has 0 fully saturated rings. The van der Waals surface area contributed by atoms with E-state index >= 15 is 0 Å². The van der Waals surface area contributed by atoms with Crippen LogP contribution in [0.2, 0.25) is 0 Å². The van der Waals surface area contributed by atoms with E-state index in [2.05, 4.69) is 5.32 Å². The highest BCUT2D eigenvalue weighted by molar-refractivity contribution is 5.81. The minimum absolute atomic E-state index is 0.0795. The minimum Gasteiger partial charge on any atom is -0.497 e. The van der Waals surface area contributed by atoms with E-state index in [4.69, 9.17) is 9.47 Å². The van der Waals surface area contributed by atoms with E-state index in [1.54, 1.807) is 19.2 Å². The maximum Gasteiger partial charge on any atom is 0.261 e. The van der Waals surface area contributed by atoms with E-state index < -0.39 is 11.9 Å². The molecule has 5 heteroatoms. The second-order valence-corrected chi connectivity index (χ2v) is 5.01. The molecule has 1 N–H and O–H groups in total. The first-order chi connectivity index (χ1) is 11.1. The molecule has 1 amide bonds. The lowest BCUT2D eigenvalue weighted by Gasteiger charge is -2.17. The maximum atomic E-state index is 13.6. The van der Waals surface area contributed by atoms with Gasteiger partial charge < -0.3 is 14.8 Å². The zero-order valence-electron chi connectivity index (χ0n) is 13.2. The lowest BCUT2D eigenvalue weighted by molar-refractivity contribution is -0.128. The van der Waals surface area contributed by atoms with Crippen molar-refractivity contribution in [1.82, 2.24) is 5.32 Å². The van der Waals surface area contributed by atoms with Crippen molar-refractivity contribution in [2.24, 2.45) is 0 Å². The van der Waals surface area contributed by atoms with E-state index in [1.807, 2.05) is 31.2 Å². The van der Waals surface area contributed by atoms with Gasteiger partial charge in [0.15, 0.2) is 17.7 Å². The van der Waals surface area contributed by atoms with Crippen LogP contribution in [0.25, 0.3) is 0 Å². The van der Waals surface area contributed by atoms with Crippen molar-refractivity contribution in [2.45, 2.75) is 26.0 Å². The molecule has 0 saturated carbocycles. The van der Waals surface area contributed by atoms with Crippen LogP contribution in [0.5, 0.6) is 11.5 Å². The number of ether oxygens (including phenoxy) is 2. The molecule has 2 aromatic carbocycles. The number of benzene rings is 2. The van der Waals surface area contributed by atoms with E-state index in [1.165, 1.54) is 12.1 Å². The van der Waals surface area contributed by atoms with Crippen LogP contribution >= 0.6 is 0 Å². The molecule has 0 bridgehead atoms. The largest absolute Gasteiger partial charge is 0.497 e. The van der Waals surface area contributed by atoms with Crippen molar-refractivity contribution < 1.29 is 18.7 Å². The standard InChI is InChI=1S/C18H20FNO3/c1-3-16(23-17-10-5-4-9-15(17)19)18(21)20-12-13-7-6-8-14(11-13)22-2/h4-11,16H,3,12H2,1-2H3,(H,20,21). The van der Waals surface area contributed by atoms with Gasteiger partial charge in [0.1, 0.15) is 5.75 Å². The Balaban J connectivity index is 1.96. The van der Waals surface area contributed by atoms with Crippen LogP contribution in [-0.2, 0) is 11.3 Å². The fraction of sp³-hybridized carbons (Fsp3) is 0.278. The van der Waals surface area contributed by atoms with Gasteiger partial charge in [0.25, 0.3) is 5.91 Å². The summed E-state index contributed by atoms with van der Waals surface area (Å²) in [5.74, 6) is 0.0485. The summed E-state index contributed by atoms with van der Waals surface area (Å²) >= 11 is 0. The maximum absolute atomic E-state index is 13.6. The third-order valence-electron chi connectivity index (χ3n) is 3.37. The average molecular weight is 317 g/mol. The van der Waals surface area contributed by atoms with Gasteiger partial charge in [-0.25, -0.2) is 4.39 Å². The number of hydrogen-bond acceptors (Lipinski definition) is 3. The number of carbonyl (C=O) groups is 1. The molecule has 2 aromatic rings. The smallest absolute Gasteiger partial charge is 0.261 e. The predicted molar refractivity (Wildman–Crippen MR) is 85.9 cm³/mol. The quantitative estimate of drug-likeness (QED) is 0.852. The second kappa shape index (κ2) is 8.17. The molecule has 1 atom stereocenters. The van der Waals surface area contributed by atoms with Gasteiger partial charge in [0, 0.05) is 6.54 Å². The van der Waals surface area contributed by atoms with Crippen LogP contribution < -0.4 is 14.8 Å². The first-order valence-corrected chi connectivity index (χ1v) is 7.46. The lowest BCUT2D eigenvalue weighted by Crippen LogP contribution is -2.37. The Morgan fingerprint density at radius 2 is 2.00 bits per heavy atom. The first kappa shape index (κ1) is 16.8. The molecule has 0 spiro atoms. The van der Waals surface area contributed by atoms with Crippen LogP contribution in [0.4, 0.5) is 4.39 Å². The molecule has 0 aromatic heterocycles. The summed E-state index contributed by atoms with van der Waals surface area (Å²) in [6, 6.07) is 13.5. The number of para-hydroxylation sites is 1. The summed E-state index contributed by atoms with van der Waals surface area (Å²) in [6.45, 7) is 2.17. The molecule has 0 heterocycles. The van der Waals surface area contributed by atoms with Crippen molar-refractivity contribution >= 4 is 5.91 Å². The number of rotatable bonds is 7. The molecule has 1 unspecified atom stereocenters. The molecule has 0 saturated heterocycles. The summed E-state index contributed by atoms with van der Waals surface area (Å²) in [5.41, 5.74) is 0.915. The van der Waals surface area contributed by atoms with Crippen molar-refractivity contribution in [3.8, 4) is 11.5 Å². The Morgan fingerprint density at radius 3 is 2.70 bits per heavy atom. The van der Waals surface area contributed by atoms with Gasteiger partial charge in [-0.1, -0.05) is 31.2 Å². The summed E-state index contributed by atoms with van der Waals surface area (Å²) in [5, 5.41) is 2.80. The van der Waals surface area contributed by atoms with Crippen molar-refractivity contribution in [3.05, 3.63) is 59.9 Å². The van der Waals surface area contributed by atoms with E-state index in [-0.39, 0.29) is 11.7 Å². The van der Waals surface area contributed by atoms with Crippen LogP contribution in [0, 0.1) is 5.82 Å². The predicted octanol–water partition coefficient (Wildman–Crippen LogP) is 3.31. The third-order valence-corrected chi connectivity index (χ3v) is 3.37. The zero-order chi connectivity index (χ0) is 16.7. The number of nitrogens with one attached hydrogen (secondary N) is 1. The van der Waals surface area contributed by atoms with Gasteiger partial charge in [-0.15, -0.1) is 0 Å². The van der Waals surface area contributed by atoms with E-state index in [9.17, 15) is 9.18 Å². The Labute approximate surface area is 135 Å². The normalized spacial score (nSPS) is 11.6. The van der Waals surface area contributed by atoms with Gasteiger partial charge in [-0.2, -0.15) is 0 Å². The highest BCUT2D eigenvalue weighted by Gasteiger charge is 2.19. The number of halogens is 1. The van der Waals surface area contributed by atoms with Gasteiger partial charge in [0.05, 0.1) is 7.11 Å². The van der Waals surface area contributed by atoms with Crippen molar-refractivity contribution in [3.63, 3.8) is 0 Å². The molecule has 4 nitrogen and oxygen atoms in total. The van der Waals surface area contributed by atoms with Gasteiger partial charge in [-0.05, 0) is 36.2 Å². The van der Waals surface area contributed by atoms with Gasteiger partial charge in [0.2, 0.25) is 0 Å². The topological polar surface area (TPSA) is 47.6 Å². The Bertz CT molecular complexity index is 660. The molecule has 122 valence electrons. The first-order valence-electron chi connectivity index (χ1n) is 7.46. The van der Waals surface area contributed by atoms with Crippen LogP contribution in [0.1, 0.15) is 18.9 Å². The molecule has 2 rings (SSSR count). The number of hydrogen-bond donors (Lipinski definition) is 1. The van der Waals surface area contributed by atoms with Crippen LogP contribution in [0.3, 0.4) is 0 Å². The number of carbonyl (C=O) groups excluding carboxylic acids is 1. The molecular weight excluding hydrogens is 297 g/mol. The molecule has 0 aliphatic heterocycles. The van der Waals surface area contributed by atoms with Gasteiger partial charge >= 0.3 is 0 Å². The minimum atomic E-state index is -0.738. The third kappa shape index (κ3) is 4.71. The van der Waals surface area contributed by atoms with Crippen LogP contribution in [0.15, 0.2) is 48.5 Å². The monoisotopic (exact) mass is 317 g/mol.